The van der Waals surface area contributed by atoms with Crippen LogP contribution in [0.4, 0.5) is 0 Å². The Bertz CT molecular complexity index is 787. The Balaban J connectivity index is 2.20. The maximum atomic E-state index is 12.5. The van der Waals surface area contributed by atoms with Gasteiger partial charge in [0.1, 0.15) is 0 Å². The van der Waals surface area contributed by atoms with E-state index < -0.39 is 10.0 Å². The van der Waals surface area contributed by atoms with Crippen LogP contribution in [0.25, 0.3) is 0 Å². The van der Waals surface area contributed by atoms with Gasteiger partial charge in [0, 0.05) is 12.6 Å². The molecule has 130 valence electrons. The Morgan fingerprint density at radius 2 is 1.67 bits per heavy atom. The lowest BCUT2D eigenvalue weighted by Gasteiger charge is -2.13. The maximum absolute atomic E-state index is 12.5. The highest BCUT2D eigenvalue weighted by atomic mass is 32.2. The first-order chi connectivity index (χ1) is 11.5. The van der Waals surface area contributed by atoms with E-state index in [-0.39, 0.29) is 11.4 Å². The van der Waals surface area contributed by atoms with Crippen LogP contribution in [0, 0.1) is 6.92 Å². The summed E-state index contributed by atoms with van der Waals surface area (Å²) in [5.74, 6) is 0.967. The van der Waals surface area contributed by atoms with E-state index in [1.165, 1.54) is 12.1 Å². The van der Waals surface area contributed by atoms with Gasteiger partial charge in [-0.25, -0.2) is 13.1 Å². The molecule has 0 radical (unpaired) electrons. The lowest BCUT2D eigenvalue weighted by atomic mass is 10.1. The molecule has 0 saturated carbocycles. The smallest absolute Gasteiger partial charge is 0.241 e. The van der Waals surface area contributed by atoms with E-state index in [4.69, 9.17) is 9.47 Å². The average molecular weight is 349 g/mol. The summed E-state index contributed by atoms with van der Waals surface area (Å²) in [5, 5.41) is 0. The first kappa shape index (κ1) is 18.3. The van der Waals surface area contributed by atoms with Crippen molar-refractivity contribution in [3.63, 3.8) is 0 Å². The van der Waals surface area contributed by atoms with E-state index >= 15 is 0 Å². The molecule has 0 aliphatic carbocycles. The summed E-state index contributed by atoms with van der Waals surface area (Å²) in [5.41, 5.74) is 2.00. The Labute approximate surface area is 143 Å². The largest absolute Gasteiger partial charge is 0.490 e. The molecular weight excluding hydrogens is 326 g/mol. The van der Waals surface area contributed by atoms with E-state index in [9.17, 15) is 8.42 Å². The molecule has 24 heavy (non-hydrogen) atoms. The minimum atomic E-state index is -3.63. The van der Waals surface area contributed by atoms with Crippen molar-refractivity contribution in [2.45, 2.75) is 32.2 Å². The van der Waals surface area contributed by atoms with E-state index in [1.807, 2.05) is 45.0 Å². The van der Waals surface area contributed by atoms with Gasteiger partial charge < -0.3 is 9.47 Å². The second kappa shape index (κ2) is 8.17. The van der Waals surface area contributed by atoms with Gasteiger partial charge in [0.25, 0.3) is 0 Å². The summed E-state index contributed by atoms with van der Waals surface area (Å²) >= 11 is 0. The third kappa shape index (κ3) is 4.72. The lowest BCUT2D eigenvalue weighted by molar-refractivity contribution is 0.287. The van der Waals surface area contributed by atoms with Gasteiger partial charge in [0.2, 0.25) is 10.0 Å². The third-order valence-electron chi connectivity index (χ3n) is 3.37. The Kier molecular flexibility index (Phi) is 6.23. The van der Waals surface area contributed by atoms with Gasteiger partial charge in [0.15, 0.2) is 11.5 Å². The van der Waals surface area contributed by atoms with Crippen LogP contribution in [0.3, 0.4) is 0 Å². The molecule has 0 saturated heterocycles. The minimum absolute atomic E-state index is 0.155. The van der Waals surface area contributed by atoms with Crippen molar-refractivity contribution >= 4 is 10.0 Å². The second-order valence-corrected chi connectivity index (χ2v) is 7.06. The van der Waals surface area contributed by atoms with E-state index in [1.54, 1.807) is 6.07 Å². The summed E-state index contributed by atoms with van der Waals surface area (Å²) in [6, 6.07) is 12.3. The number of benzene rings is 2. The van der Waals surface area contributed by atoms with Crippen LogP contribution in [0.2, 0.25) is 0 Å². The molecule has 0 unspecified atom stereocenters. The minimum Gasteiger partial charge on any atom is -0.490 e. The van der Waals surface area contributed by atoms with Gasteiger partial charge in [-0.1, -0.05) is 29.8 Å². The lowest BCUT2D eigenvalue weighted by Crippen LogP contribution is -2.23. The third-order valence-corrected chi connectivity index (χ3v) is 4.77. The van der Waals surface area contributed by atoms with Crippen molar-refractivity contribution in [3.05, 3.63) is 53.6 Å². The van der Waals surface area contributed by atoms with Gasteiger partial charge >= 0.3 is 0 Å². The molecule has 6 heteroatoms. The predicted octanol–water partition coefficient (Wildman–Crippen LogP) is 3.27. The topological polar surface area (TPSA) is 64.6 Å². The predicted molar refractivity (Wildman–Crippen MR) is 94.0 cm³/mol. The zero-order valence-corrected chi connectivity index (χ0v) is 15.0. The number of hydrogen-bond donors (Lipinski definition) is 1. The van der Waals surface area contributed by atoms with Crippen molar-refractivity contribution in [2.24, 2.45) is 0 Å². The molecule has 0 bridgehead atoms. The maximum Gasteiger partial charge on any atom is 0.241 e. The molecule has 0 fully saturated rings. The fourth-order valence-corrected chi connectivity index (χ4v) is 3.32. The fraction of sp³-hybridized carbons (Fsp3) is 0.333. The molecule has 0 heterocycles. The Morgan fingerprint density at radius 1 is 0.958 bits per heavy atom. The van der Waals surface area contributed by atoms with Gasteiger partial charge in [-0.15, -0.1) is 0 Å². The first-order valence-electron chi connectivity index (χ1n) is 7.91. The number of rotatable bonds is 8. The van der Waals surface area contributed by atoms with E-state index in [2.05, 4.69) is 4.72 Å². The molecule has 2 aromatic carbocycles. The summed E-state index contributed by atoms with van der Waals surface area (Å²) in [6.07, 6.45) is 0. The molecule has 0 aromatic heterocycles. The van der Waals surface area contributed by atoms with E-state index in [0.29, 0.717) is 24.7 Å². The van der Waals surface area contributed by atoms with Gasteiger partial charge in [-0.2, -0.15) is 0 Å². The van der Waals surface area contributed by atoms with Crippen molar-refractivity contribution in [2.75, 3.05) is 13.2 Å². The average Bonchev–Trinajstić information content (AvgIpc) is 2.55. The number of hydrogen-bond acceptors (Lipinski definition) is 4. The summed E-state index contributed by atoms with van der Waals surface area (Å²) in [7, 11) is -3.63. The van der Waals surface area contributed by atoms with Gasteiger partial charge in [-0.3, -0.25) is 0 Å². The number of aryl methyl sites for hydroxylation is 1. The van der Waals surface area contributed by atoms with Crippen LogP contribution in [-0.2, 0) is 16.6 Å². The summed E-state index contributed by atoms with van der Waals surface area (Å²) in [6.45, 7) is 6.83. The van der Waals surface area contributed by atoms with Gasteiger partial charge in [0.05, 0.1) is 18.1 Å². The fourth-order valence-electron chi connectivity index (χ4n) is 2.28. The van der Waals surface area contributed by atoms with Crippen LogP contribution in [0.5, 0.6) is 11.5 Å². The van der Waals surface area contributed by atoms with Gasteiger partial charge in [-0.05, 0) is 38.5 Å². The van der Waals surface area contributed by atoms with Crippen molar-refractivity contribution < 1.29 is 17.9 Å². The van der Waals surface area contributed by atoms with Crippen LogP contribution in [0.1, 0.15) is 25.0 Å². The SMILES string of the molecule is CCOc1ccc(S(=O)(=O)NCc2cccc(C)c2)cc1OCC. The highest BCUT2D eigenvalue weighted by Gasteiger charge is 2.17. The Morgan fingerprint density at radius 3 is 2.33 bits per heavy atom. The molecule has 0 aliphatic heterocycles. The van der Waals surface area contributed by atoms with E-state index in [0.717, 1.165) is 11.1 Å². The molecule has 0 atom stereocenters. The quantitative estimate of drug-likeness (QED) is 0.794. The zero-order chi connectivity index (χ0) is 17.6. The molecule has 0 spiro atoms. The van der Waals surface area contributed by atoms with Crippen molar-refractivity contribution in [1.29, 1.82) is 0 Å². The monoisotopic (exact) mass is 349 g/mol. The summed E-state index contributed by atoms with van der Waals surface area (Å²) in [4.78, 5) is 0.155. The molecule has 2 rings (SSSR count). The van der Waals surface area contributed by atoms with Crippen LogP contribution >= 0.6 is 0 Å². The Hall–Kier alpha value is -2.05. The normalized spacial score (nSPS) is 11.3. The molecular formula is C18H23NO4S. The molecule has 0 aliphatic rings. The molecule has 2 aromatic rings. The number of ether oxygens (including phenoxy) is 2. The summed E-state index contributed by atoms with van der Waals surface area (Å²) < 4.78 is 38.6. The van der Waals surface area contributed by atoms with Crippen LogP contribution < -0.4 is 14.2 Å². The molecule has 0 amide bonds. The number of sulfonamides is 1. The van der Waals surface area contributed by atoms with Crippen molar-refractivity contribution in [3.8, 4) is 11.5 Å². The highest BCUT2D eigenvalue weighted by molar-refractivity contribution is 7.89. The second-order valence-electron chi connectivity index (χ2n) is 5.29. The van der Waals surface area contributed by atoms with Crippen molar-refractivity contribution in [1.82, 2.24) is 4.72 Å². The molecule has 1 N–H and O–H groups in total. The highest BCUT2D eigenvalue weighted by Crippen LogP contribution is 2.30. The molecule has 5 nitrogen and oxygen atoms in total. The van der Waals surface area contributed by atoms with Crippen LogP contribution in [0.15, 0.2) is 47.4 Å². The standard InChI is InChI=1S/C18H23NO4S/c1-4-22-17-10-9-16(12-18(17)23-5-2)24(20,21)19-13-15-8-6-7-14(3)11-15/h6-12,19H,4-5,13H2,1-3H3. The first-order valence-corrected chi connectivity index (χ1v) is 9.39. The zero-order valence-electron chi connectivity index (χ0n) is 14.2. The number of nitrogens with one attached hydrogen (secondary N) is 1. The van der Waals surface area contributed by atoms with Crippen LogP contribution in [-0.4, -0.2) is 21.6 Å².